The fraction of sp³-hybridized carbons (Fsp3) is 0.312. The minimum atomic E-state index is -0.684. The van der Waals surface area contributed by atoms with Crippen LogP contribution < -0.4 is 10.6 Å². The molecule has 1 saturated carbocycles. The van der Waals surface area contributed by atoms with Crippen LogP contribution in [0, 0.1) is 5.92 Å². The van der Waals surface area contributed by atoms with E-state index in [9.17, 15) is 9.59 Å². The van der Waals surface area contributed by atoms with Crippen LogP contribution in [0.1, 0.15) is 55.2 Å². The third kappa shape index (κ3) is 5.77. The van der Waals surface area contributed by atoms with E-state index < -0.39 is 12.0 Å². The number of amides is 2. The first-order valence-corrected chi connectivity index (χ1v) is 13.4. The van der Waals surface area contributed by atoms with Crippen molar-refractivity contribution in [3.05, 3.63) is 108 Å². The second kappa shape index (κ2) is 11.5. The molecule has 0 bridgehead atoms. The van der Waals surface area contributed by atoms with E-state index in [2.05, 4.69) is 28.6 Å². The van der Waals surface area contributed by atoms with Crippen LogP contribution in [0.2, 0.25) is 0 Å². The standard InChI is InChI=1S/C32H35N3O2/c1-22-12-8-10-18-27(22)34-31(36)29(20-25-21-33-28-19-11-9-17-26(25)28)35-32(37)30(23-13-4-2-5-14-23)24-15-6-3-7-16-24/h2-7,9,11,13-17,19,21-22,27,29-30,33H,8,10,12,18,20H2,1H3,(H,34,36)(H,35,37)/t22-,27+,29+/m1/s1. The van der Waals surface area contributed by atoms with Crippen molar-refractivity contribution in [1.82, 2.24) is 15.6 Å². The maximum absolute atomic E-state index is 13.9. The normalized spacial score (nSPS) is 18.4. The molecule has 4 aromatic rings. The van der Waals surface area contributed by atoms with Crippen molar-refractivity contribution in [2.75, 3.05) is 0 Å². The lowest BCUT2D eigenvalue weighted by Gasteiger charge is -2.31. The van der Waals surface area contributed by atoms with Gasteiger partial charge in [0.05, 0.1) is 5.92 Å². The molecule has 0 unspecified atom stereocenters. The molecule has 0 spiro atoms. The number of aromatic nitrogens is 1. The van der Waals surface area contributed by atoms with Gasteiger partial charge in [0.25, 0.3) is 0 Å². The number of benzene rings is 3. The minimum absolute atomic E-state index is 0.114. The van der Waals surface area contributed by atoms with E-state index >= 15 is 0 Å². The number of fused-ring (bicyclic) bond motifs is 1. The molecular weight excluding hydrogens is 458 g/mol. The van der Waals surface area contributed by atoms with Crippen LogP contribution in [-0.2, 0) is 16.0 Å². The highest BCUT2D eigenvalue weighted by atomic mass is 16.2. The quantitative estimate of drug-likeness (QED) is 0.294. The fourth-order valence-electron chi connectivity index (χ4n) is 5.58. The summed E-state index contributed by atoms with van der Waals surface area (Å²) < 4.78 is 0. The zero-order valence-electron chi connectivity index (χ0n) is 21.3. The molecule has 1 aliphatic carbocycles. The Morgan fingerprint density at radius 2 is 1.46 bits per heavy atom. The van der Waals surface area contributed by atoms with Crippen molar-refractivity contribution >= 4 is 22.7 Å². The SMILES string of the molecule is C[C@@H]1CCCC[C@@H]1NC(=O)[C@H](Cc1c[nH]c2ccccc12)NC(=O)C(c1ccccc1)c1ccccc1. The molecule has 5 heteroatoms. The lowest BCUT2D eigenvalue weighted by atomic mass is 9.85. The summed E-state index contributed by atoms with van der Waals surface area (Å²) in [5.41, 5.74) is 3.84. The predicted molar refractivity (Wildman–Crippen MR) is 148 cm³/mol. The third-order valence-electron chi connectivity index (χ3n) is 7.70. The first-order chi connectivity index (χ1) is 18.1. The largest absolute Gasteiger partial charge is 0.361 e. The summed E-state index contributed by atoms with van der Waals surface area (Å²) in [4.78, 5) is 30.9. The van der Waals surface area contributed by atoms with E-state index in [1.807, 2.05) is 85.1 Å². The van der Waals surface area contributed by atoms with Crippen molar-refractivity contribution < 1.29 is 9.59 Å². The number of H-pyrrole nitrogens is 1. The van der Waals surface area contributed by atoms with E-state index in [4.69, 9.17) is 0 Å². The Morgan fingerprint density at radius 1 is 0.838 bits per heavy atom. The summed E-state index contributed by atoms with van der Waals surface area (Å²) in [6, 6.07) is 27.1. The van der Waals surface area contributed by atoms with Crippen molar-refractivity contribution in [3.8, 4) is 0 Å². The summed E-state index contributed by atoms with van der Waals surface area (Å²) >= 11 is 0. The molecule has 1 aromatic heterocycles. The molecule has 3 aromatic carbocycles. The molecule has 0 radical (unpaired) electrons. The van der Waals surface area contributed by atoms with Crippen LogP contribution in [0.15, 0.2) is 91.1 Å². The molecule has 1 heterocycles. The molecule has 3 N–H and O–H groups in total. The number of hydrogen-bond acceptors (Lipinski definition) is 2. The minimum Gasteiger partial charge on any atom is -0.361 e. The van der Waals surface area contributed by atoms with Gasteiger partial charge in [0.1, 0.15) is 6.04 Å². The first kappa shape index (κ1) is 24.8. The molecule has 5 nitrogen and oxygen atoms in total. The summed E-state index contributed by atoms with van der Waals surface area (Å²) in [6.07, 6.45) is 6.80. The maximum Gasteiger partial charge on any atom is 0.243 e. The van der Waals surface area contributed by atoms with E-state index in [0.29, 0.717) is 12.3 Å². The number of nitrogens with one attached hydrogen (secondary N) is 3. The molecule has 37 heavy (non-hydrogen) atoms. The average molecular weight is 494 g/mol. The number of carbonyl (C=O) groups excluding carboxylic acids is 2. The highest BCUT2D eigenvalue weighted by molar-refractivity contribution is 5.93. The van der Waals surface area contributed by atoms with Crippen LogP contribution in [-0.4, -0.2) is 28.9 Å². The molecule has 2 amide bonds. The van der Waals surface area contributed by atoms with Gasteiger partial charge in [0.15, 0.2) is 0 Å². The lowest BCUT2D eigenvalue weighted by Crippen LogP contribution is -2.53. The van der Waals surface area contributed by atoms with Crippen LogP contribution >= 0.6 is 0 Å². The van der Waals surface area contributed by atoms with E-state index in [-0.39, 0.29) is 17.9 Å². The summed E-state index contributed by atoms with van der Waals surface area (Å²) in [5, 5.41) is 7.52. The molecule has 3 atom stereocenters. The highest BCUT2D eigenvalue weighted by Crippen LogP contribution is 2.27. The fourth-order valence-corrected chi connectivity index (χ4v) is 5.58. The van der Waals surface area contributed by atoms with E-state index in [0.717, 1.165) is 46.9 Å². The number of carbonyl (C=O) groups is 2. The van der Waals surface area contributed by atoms with Crippen molar-refractivity contribution in [3.63, 3.8) is 0 Å². The Hall–Kier alpha value is -3.86. The Bertz CT molecular complexity index is 1290. The number of rotatable bonds is 8. The average Bonchev–Trinajstić information content (AvgIpc) is 3.34. The summed E-state index contributed by atoms with van der Waals surface area (Å²) in [6.45, 7) is 2.21. The highest BCUT2D eigenvalue weighted by Gasteiger charge is 2.31. The lowest BCUT2D eigenvalue weighted by molar-refractivity contribution is -0.130. The first-order valence-electron chi connectivity index (χ1n) is 13.4. The Balaban J connectivity index is 1.44. The Kier molecular flexibility index (Phi) is 7.69. The van der Waals surface area contributed by atoms with Gasteiger partial charge in [-0.15, -0.1) is 0 Å². The zero-order chi connectivity index (χ0) is 25.6. The predicted octanol–water partition coefficient (Wildman–Crippen LogP) is 5.72. The molecule has 1 fully saturated rings. The van der Waals surface area contributed by atoms with Gasteiger partial charge in [-0.05, 0) is 41.5 Å². The summed E-state index contributed by atoms with van der Waals surface area (Å²) in [5.74, 6) is -0.357. The molecule has 0 aliphatic heterocycles. The van der Waals surface area contributed by atoms with Gasteiger partial charge >= 0.3 is 0 Å². The van der Waals surface area contributed by atoms with Crippen LogP contribution in [0.25, 0.3) is 10.9 Å². The van der Waals surface area contributed by atoms with E-state index in [1.54, 1.807) is 0 Å². The second-order valence-electron chi connectivity index (χ2n) is 10.3. The Labute approximate surface area is 218 Å². The van der Waals surface area contributed by atoms with E-state index in [1.165, 1.54) is 6.42 Å². The van der Waals surface area contributed by atoms with Crippen molar-refractivity contribution in [2.45, 2.75) is 57.0 Å². The number of hydrogen-bond donors (Lipinski definition) is 3. The molecule has 190 valence electrons. The topological polar surface area (TPSA) is 74.0 Å². The van der Waals surface area contributed by atoms with Gasteiger partial charge < -0.3 is 15.6 Å². The van der Waals surface area contributed by atoms with Crippen LogP contribution in [0.3, 0.4) is 0 Å². The Morgan fingerprint density at radius 3 is 2.14 bits per heavy atom. The monoisotopic (exact) mass is 493 g/mol. The maximum atomic E-state index is 13.9. The smallest absolute Gasteiger partial charge is 0.243 e. The molecule has 5 rings (SSSR count). The van der Waals surface area contributed by atoms with Gasteiger partial charge in [-0.3, -0.25) is 9.59 Å². The van der Waals surface area contributed by atoms with Crippen molar-refractivity contribution in [1.29, 1.82) is 0 Å². The van der Waals surface area contributed by atoms with Crippen LogP contribution in [0.4, 0.5) is 0 Å². The number of para-hydroxylation sites is 1. The van der Waals surface area contributed by atoms with Gasteiger partial charge in [-0.25, -0.2) is 0 Å². The summed E-state index contributed by atoms with van der Waals surface area (Å²) in [7, 11) is 0. The molecule has 1 aliphatic rings. The van der Waals surface area contributed by atoms with Gasteiger partial charge in [0.2, 0.25) is 11.8 Å². The third-order valence-corrected chi connectivity index (χ3v) is 7.70. The zero-order valence-corrected chi connectivity index (χ0v) is 21.3. The second-order valence-corrected chi connectivity index (χ2v) is 10.3. The number of aromatic amines is 1. The molecular formula is C32H35N3O2. The van der Waals surface area contributed by atoms with Gasteiger partial charge in [-0.2, -0.15) is 0 Å². The van der Waals surface area contributed by atoms with Crippen LogP contribution in [0.5, 0.6) is 0 Å². The van der Waals surface area contributed by atoms with Crippen molar-refractivity contribution in [2.24, 2.45) is 5.92 Å². The molecule has 0 saturated heterocycles. The van der Waals surface area contributed by atoms with Gasteiger partial charge in [-0.1, -0.05) is 98.6 Å². The van der Waals surface area contributed by atoms with Gasteiger partial charge in [0, 0.05) is 29.6 Å².